The van der Waals surface area contributed by atoms with Crippen molar-refractivity contribution in [3.8, 4) is 0 Å². The van der Waals surface area contributed by atoms with Crippen molar-refractivity contribution in [1.29, 1.82) is 0 Å². The summed E-state index contributed by atoms with van der Waals surface area (Å²) in [6.07, 6.45) is 45.9. The molecule has 6 heteroatoms. The fourth-order valence-corrected chi connectivity index (χ4v) is 7.44. The monoisotopic (exact) mass is 742 g/mol. The Balaban J connectivity index is -0.00000454. The van der Waals surface area contributed by atoms with E-state index in [4.69, 9.17) is 19.4 Å². The number of hydrogen-bond acceptors (Lipinski definition) is 5. The third-order valence-electron chi connectivity index (χ3n) is 10.8. The van der Waals surface area contributed by atoms with E-state index in [0.717, 1.165) is 32.2 Å². The molecule has 0 heterocycles. The molecule has 0 bridgehead atoms. The van der Waals surface area contributed by atoms with Crippen molar-refractivity contribution in [1.82, 2.24) is 4.90 Å². The Hall–Kier alpha value is -0.980. The second-order valence-electron chi connectivity index (χ2n) is 15.5. The Labute approximate surface area is 326 Å². The maximum Gasteiger partial charge on any atom is 0.290 e. The second-order valence-corrected chi connectivity index (χ2v) is 15.5. The molecular formula is C46H95NO5. The molecule has 0 aromatic rings. The van der Waals surface area contributed by atoms with Crippen molar-refractivity contribution >= 4 is 13.3 Å². The molecule has 0 aromatic carbocycles. The number of hydrogen-bond donors (Lipinski definition) is 2. The van der Waals surface area contributed by atoms with Crippen LogP contribution in [0.25, 0.3) is 0 Å². The number of carbonyl (C=O) groups excluding carboxylic acids is 1. The van der Waals surface area contributed by atoms with Gasteiger partial charge in [-0.15, -0.1) is 0 Å². The number of nitrogens with zero attached hydrogens (tertiary/aromatic N) is 1. The number of carbonyl (C=O) groups is 2. The molecule has 2 N–H and O–H groups in total. The SMILES string of the molecule is C=O.CCCCCCCCCOCCCCCCCCN(CCO)C(C)CCCCCCC(CCCCCCCC)CCCCCCCC.O=CO. The Bertz CT molecular complexity index is 606. The van der Waals surface area contributed by atoms with Crippen molar-refractivity contribution in [2.24, 2.45) is 5.92 Å². The molecule has 0 saturated carbocycles. The van der Waals surface area contributed by atoms with Gasteiger partial charge >= 0.3 is 0 Å². The summed E-state index contributed by atoms with van der Waals surface area (Å²) in [5, 5.41) is 16.6. The Morgan fingerprint density at radius 2 is 0.808 bits per heavy atom. The Kier molecular flexibility index (Phi) is 55.5. The Morgan fingerprint density at radius 1 is 0.500 bits per heavy atom. The lowest BCUT2D eigenvalue weighted by Crippen LogP contribution is -2.36. The third kappa shape index (κ3) is 47.0. The minimum Gasteiger partial charge on any atom is -0.483 e. The van der Waals surface area contributed by atoms with Crippen LogP contribution in [0.3, 0.4) is 0 Å². The summed E-state index contributed by atoms with van der Waals surface area (Å²) >= 11 is 0. The van der Waals surface area contributed by atoms with Gasteiger partial charge in [0.2, 0.25) is 0 Å². The van der Waals surface area contributed by atoms with Crippen LogP contribution in [-0.2, 0) is 14.3 Å². The van der Waals surface area contributed by atoms with Gasteiger partial charge in [0.1, 0.15) is 6.79 Å². The van der Waals surface area contributed by atoms with Gasteiger partial charge < -0.3 is 19.7 Å². The maximum atomic E-state index is 9.69. The van der Waals surface area contributed by atoms with Gasteiger partial charge in [-0.1, -0.05) is 207 Å². The van der Waals surface area contributed by atoms with Crippen LogP contribution in [0.1, 0.15) is 240 Å². The van der Waals surface area contributed by atoms with E-state index in [1.54, 1.807) is 0 Å². The zero-order chi connectivity index (χ0) is 39.0. The fraction of sp³-hybridized carbons (Fsp3) is 0.957. The molecule has 1 atom stereocenters. The first-order valence-electron chi connectivity index (χ1n) is 22.9. The van der Waals surface area contributed by atoms with Gasteiger partial charge in [-0.05, 0) is 45.1 Å². The highest BCUT2D eigenvalue weighted by Crippen LogP contribution is 2.25. The van der Waals surface area contributed by atoms with E-state index in [-0.39, 0.29) is 6.47 Å². The van der Waals surface area contributed by atoms with Gasteiger partial charge in [0.15, 0.2) is 0 Å². The van der Waals surface area contributed by atoms with Gasteiger partial charge in [0.05, 0.1) is 6.61 Å². The predicted molar refractivity (Wildman–Crippen MR) is 228 cm³/mol. The van der Waals surface area contributed by atoms with E-state index in [1.165, 1.54) is 212 Å². The van der Waals surface area contributed by atoms with Crippen LogP contribution >= 0.6 is 0 Å². The van der Waals surface area contributed by atoms with Crippen molar-refractivity contribution in [2.75, 3.05) is 32.9 Å². The summed E-state index contributed by atoms with van der Waals surface area (Å²) in [5.41, 5.74) is 0. The molecule has 52 heavy (non-hydrogen) atoms. The lowest BCUT2D eigenvalue weighted by molar-refractivity contribution is -0.122. The molecule has 0 fully saturated rings. The molecule has 0 aliphatic rings. The van der Waals surface area contributed by atoms with Crippen molar-refractivity contribution in [3.63, 3.8) is 0 Å². The largest absolute Gasteiger partial charge is 0.483 e. The molecule has 0 spiro atoms. The lowest BCUT2D eigenvalue weighted by Gasteiger charge is -2.28. The number of aliphatic hydroxyl groups excluding tert-OH is 1. The molecule has 314 valence electrons. The molecular weight excluding hydrogens is 647 g/mol. The van der Waals surface area contributed by atoms with Crippen molar-refractivity contribution in [2.45, 2.75) is 246 Å². The first-order valence-corrected chi connectivity index (χ1v) is 22.9. The number of ether oxygens (including phenoxy) is 1. The molecule has 0 aliphatic heterocycles. The van der Waals surface area contributed by atoms with E-state index in [0.29, 0.717) is 12.6 Å². The maximum absolute atomic E-state index is 9.69. The van der Waals surface area contributed by atoms with Gasteiger partial charge in [0, 0.05) is 25.8 Å². The van der Waals surface area contributed by atoms with E-state index < -0.39 is 0 Å². The molecule has 0 aliphatic carbocycles. The number of rotatable bonds is 41. The lowest BCUT2D eigenvalue weighted by atomic mass is 9.89. The van der Waals surface area contributed by atoms with Crippen LogP contribution < -0.4 is 0 Å². The standard InChI is InChI=1S/C44H91NO2.CH2O2.CH2O/c1-5-8-11-14-18-25-32-41-47-42-33-26-19-17-24-31-38-45(39-40-46)43(4)34-27-22-23-30-37-44(35-28-20-15-12-9-6-2)36-29-21-16-13-10-7-3;2-1-3;1-2/h43-44,46H,5-42H2,1-4H3;1H,(H,2,3);1H2. The number of unbranched alkanes of at least 4 members (excludes halogenated alkanes) is 24. The summed E-state index contributed by atoms with van der Waals surface area (Å²) < 4.78 is 5.86. The highest BCUT2D eigenvalue weighted by atomic mass is 16.5. The van der Waals surface area contributed by atoms with Crippen LogP contribution in [0.4, 0.5) is 0 Å². The second kappa shape index (κ2) is 52.1. The average molecular weight is 742 g/mol. The van der Waals surface area contributed by atoms with E-state index in [9.17, 15) is 5.11 Å². The third-order valence-corrected chi connectivity index (χ3v) is 10.8. The summed E-state index contributed by atoms with van der Waals surface area (Å²) in [4.78, 5) is 18.9. The smallest absolute Gasteiger partial charge is 0.290 e. The van der Waals surface area contributed by atoms with Crippen LogP contribution in [0.5, 0.6) is 0 Å². The summed E-state index contributed by atoms with van der Waals surface area (Å²) in [7, 11) is 0. The average Bonchev–Trinajstić information content (AvgIpc) is 3.15. The topological polar surface area (TPSA) is 87.1 Å². The number of carboxylic acid groups (broad SMARTS) is 1. The molecule has 0 amide bonds. The fourth-order valence-electron chi connectivity index (χ4n) is 7.44. The van der Waals surface area contributed by atoms with Crippen LogP contribution in [0, 0.1) is 5.92 Å². The summed E-state index contributed by atoms with van der Waals surface area (Å²) in [6, 6.07) is 0.601. The highest BCUT2D eigenvalue weighted by Gasteiger charge is 2.13. The molecule has 0 saturated heterocycles. The first kappa shape index (κ1) is 55.4. The zero-order valence-corrected chi connectivity index (χ0v) is 35.9. The van der Waals surface area contributed by atoms with Crippen LogP contribution in [-0.4, -0.2) is 67.3 Å². The molecule has 0 radical (unpaired) electrons. The van der Waals surface area contributed by atoms with Crippen LogP contribution in [0.2, 0.25) is 0 Å². The van der Waals surface area contributed by atoms with Gasteiger partial charge in [-0.3, -0.25) is 9.69 Å². The van der Waals surface area contributed by atoms with Crippen molar-refractivity contribution < 1.29 is 24.5 Å². The Morgan fingerprint density at radius 3 is 1.17 bits per heavy atom. The van der Waals surface area contributed by atoms with Crippen LogP contribution in [0.15, 0.2) is 0 Å². The zero-order valence-electron chi connectivity index (χ0n) is 35.9. The van der Waals surface area contributed by atoms with Gasteiger partial charge in [0.25, 0.3) is 6.47 Å². The quantitative estimate of drug-likeness (QED) is 0.0479. The number of aliphatic hydroxyl groups is 1. The summed E-state index contributed by atoms with van der Waals surface area (Å²) in [5.74, 6) is 0.986. The molecule has 6 nitrogen and oxygen atoms in total. The normalized spacial score (nSPS) is 11.7. The van der Waals surface area contributed by atoms with E-state index >= 15 is 0 Å². The van der Waals surface area contributed by atoms with Gasteiger partial charge in [-0.2, -0.15) is 0 Å². The van der Waals surface area contributed by atoms with E-state index in [1.807, 2.05) is 6.79 Å². The van der Waals surface area contributed by atoms with Gasteiger partial charge in [-0.25, -0.2) is 0 Å². The molecule has 0 rings (SSSR count). The summed E-state index contributed by atoms with van der Waals surface area (Å²) in [6.45, 7) is 15.3. The molecule has 0 aromatic heterocycles. The van der Waals surface area contributed by atoms with Crippen molar-refractivity contribution in [3.05, 3.63) is 0 Å². The highest BCUT2D eigenvalue weighted by molar-refractivity contribution is 5.32. The minimum atomic E-state index is -0.250. The predicted octanol–water partition coefficient (Wildman–Crippen LogP) is 13.8. The minimum absolute atomic E-state index is 0.250. The van der Waals surface area contributed by atoms with E-state index in [2.05, 4.69) is 32.6 Å². The first-order chi connectivity index (χ1) is 25.6. The molecule has 1 unspecified atom stereocenters.